The molecule has 0 atom stereocenters. The zero-order valence-corrected chi connectivity index (χ0v) is 55.6. The number of aryl methyl sites for hydroxylation is 2. The van der Waals surface area contributed by atoms with Crippen molar-refractivity contribution in [3.63, 3.8) is 0 Å². The molecule has 11 nitrogen and oxygen atoms in total. The maximum atomic E-state index is 5.24. The van der Waals surface area contributed by atoms with Crippen LogP contribution in [0, 0.1) is 37.6 Å². The van der Waals surface area contributed by atoms with Crippen LogP contribution in [0.2, 0.25) is 0 Å². The molecular formula is C80H55N11Pt2-6. The molecule has 0 unspecified atom stereocenters. The maximum absolute atomic E-state index is 5.24. The first-order chi connectivity index (χ1) is 44.7. The van der Waals surface area contributed by atoms with Crippen molar-refractivity contribution in [1.29, 1.82) is 0 Å². The number of hydrogen-bond acceptors (Lipinski definition) is 7. The number of aromatic nitrogens is 7. The molecule has 456 valence electrons. The van der Waals surface area contributed by atoms with E-state index >= 15 is 0 Å². The molecular weight excluding hydrogens is 1510 g/mol. The Kier molecular flexibility index (Phi) is 13.3. The number of imidazole rings is 2. The van der Waals surface area contributed by atoms with Gasteiger partial charge in [0, 0.05) is 67.9 Å². The normalized spacial score (nSPS) is 13.9. The van der Waals surface area contributed by atoms with Gasteiger partial charge < -0.3 is 37.9 Å². The summed E-state index contributed by atoms with van der Waals surface area (Å²) < 4.78 is 8.93. The van der Waals surface area contributed by atoms with Crippen molar-refractivity contribution in [3.05, 3.63) is 284 Å². The van der Waals surface area contributed by atoms with Crippen molar-refractivity contribution >= 4 is 77.2 Å². The van der Waals surface area contributed by atoms with E-state index in [2.05, 4.69) is 255 Å². The van der Waals surface area contributed by atoms with E-state index in [0.29, 0.717) is 0 Å². The Balaban J connectivity index is 0.000000141. The van der Waals surface area contributed by atoms with Crippen LogP contribution >= 0.6 is 0 Å². The predicted octanol–water partition coefficient (Wildman–Crippen LogP) is 16.7. The Hall–Kier alpha value is -10.1. The van der Waals surface area contributed by atoms with Gasteiger partial charge in [0.05, 0.1) is 33.7 Å². The molecule has 0 spiro atoms. The standard InChI is InChI=1S/C44H30N5.C36H25N6.2Pt/c1-46-16-17-48(26-46)32-10-7-11-33(23-32)49-41-20-29(14-15-36(41)39-24-37-30(21-42(39)49)18-27-8-3-5-12-34(27)37)44-45-40-25-38-31(22-43(40)47(44)2)19-28-9-4-6-13-35(28)38;1-39-15-16-41(22-39)26-8-5-9-27(20-26)42-33-18-24(12-13-29(33)30-11-6-14-37-36(30)42)35-38-32-21-31-25(19-34(32)40(35)2)17-23-7-3-4-10-28(23)31;;/h3-17,21-22,24-26H,18-19H2,1-2H3;3-16,19,21-22H,17H2,1-2H3;;/q2*-3;;. The van der Waals surface area contributed by atoms with Gasteiger partial charge in [-0.1, -0.05) is 107 Å². The van der Waals surface area contributed by atoms with E-state index in [9.17, 15) is 0 Å². The molecule has 13 heteroatoms. The Morgan fingerprint density at radius 3 is 1.32 bits per heavy atom. The first kappa shape index (κ1) is 56.9. The minimum absolute atomic E-state index is 0. The van der Waals surface area contributed by atoms with Crippen molar-refractivity contribution in [2.45, 2.75) is 19.3 Å². The number of rotatable bonds is 6. The molecule has 0 radical (unpaired) electrons. The number of anilines is 2. The molecule has 0 bridgehead atoms. The van der Waals surface area contributed by atoms with E-state index < -0.39 is 0 Å². The van der Waals surface area contributed by atoms with E-state index in [1.807, 2.05) is 61.4 Å². The van der Waals surface area contributed by atoms with Gasteiger partial charge in [-0.05, 0) is 183 Å². The first-order valence-electron chi connectivity index (χ1n) is 30.9. The summed E-state index contributed by atoms with van der Waals surface area (Å²) in [6, 6.07) is 80.6. The van der Waals surface area contributed by atoms with Crippen LogP contribution in [-0.4, -0.2) is 57.1 Å². The minimum Gasteiger partial charge on any atom is -0.510 e. The van der Waals surface area contributed by atoms with Crippen LogP contribution in [0.15, 0.2) is 213 Å². The van der Waals surface area contributed by atoms with Crippen molar-refractivity contribution in [2.75, 3.05) is 23.9 Å². The molecule has 10 aromatic carbocycles. The summed E-state index contributed by atoms with van der Waals surface area (Å²) >= 11 is 0. The fourth-order valence-corrected chi connectivity index (χ4v) is 14.8. The average Bonchev–Trinajstić information content (AvgIpc) is 1.58. The molecule has 7 heterocycles. The van der Waals surface area contributed by atoms with Crippen LogP contribution in [0.5, 0.6) is 0 Å². The van der Waals surface area contributed by atoms with Gasteiger partial charge in [0.15, 0.2) is 0 Å². The predicted molar refractivity (Wildman–Crippen MR) is 366 cm³/mol. The van der Waals surface area contributed by atoms with Gasteiger partial charge in [-0.2, -0.15) is 25.5 Å². The van der Waals surface area contributed by atoms with Gasteiger partial charge in [0.25, 0.3) is 0 Å². The summed E-state index contributed by atoms with van der Waals surface area (Å²) in [5.74, 6) is 1.81. The molecule has 0 saturated heterocycles. The van der Waals surface area contributed by atoms with E-state index in [-0.39, 0.29) is 42.1 Å². The molecule has 15 aromatic rings. The fourth-order valence-electron chi connectivity index (χ4n) is 14.8. The quantitative estimate of drug-likeness (QED) is 0.154. The Morgan fingerprint density at radius 1 is 0.366 bits per heavy atom. The molecule has 2 aliphatic heterocycles. The summed E-state index contributed by atoms with van der Waals surface area (Å²) in [4.78, 5) is 23.4. The van der Waals surface area contributed by atoms with Crippen LogP contribution in [0.4, 0.5) is 11.4 Å². The largest absolute Gasteiger partial charge is 0.510 e. The molecule has 3 aliphatic carbocycles. The summed E-state index contributed by atoms with van der Waals surface area (Å²) in [6.45, 7) is 4.10. The summed E-state index contributed by atoms with van der Waals surface area (Å²) in [7, 11) is 8.28. The van der Waals surface area contributed by atoms with Gasteiger partial charge in [0.2, 0.25) is 0 Å². The van der Waals surface area contributed by atoms with Crippen molar-refractivity contribution in [1.82, 2.24) is 43.0 Å². The Labute approximate surface area is 566 Å². The van der Waals surface area contributed by atoms with Crippen molar-refractivity contribution < 1.29 is 42.1 Å². The van der Waals surface area contributed by atoms with Crippen LogP contribution in [0.25, 0.3) is 133 Å². The second-order valence-electron chi connectivity index (χ2n) is 24.6. The molecule has 0 fully saturated rings. The van der Waals surface area contributed by atoms with Crippen LogP contribution in [-0.2, 0) is 75.5 Å². The molecule has 93 heavy (non-hydrogen) atoms. The van der Waals surface area contributed by atoms with Crippen LogP contribution < -0.4 is 9.80 Å². The number of pyridine rings is 1. The van der Waals surface area contributed by atoms with Crippen LogP contribution in [0.1, 0.15) is 33.4 Å². The van der Waals surface area contributed by atoms with Gasteiger partial charge in [-0.25, -0.2) is 4.98 Å². The smallest absolute Gasteiger partial charge is 0.132 e. The zero-order chi connectivity index (χ0) is 60.3. The summed E-state index contributed by atoms with van der Waals surface area (Å²) in [5, 5.41) is 4.58. The monoisotopic (exact) mass is 1560 g/mol. The zero-order valence-electron chi connectivity index (χ0n) is 51.0. The second kappa shape index (κ2) is 21.8. The topological polar surface area (TPSA) is 71.3 Å². The number of nitrogens with zero attached hydrogens (tertiary/aromatic N) is 11. The molecule has 0 saturated carbocycles. The minimum atomic E-state index is 0. The third kappa shape index (κ3) is 8.95. The second-order valence-corrected chi connectivity index (χ2v) is 24.6. The van der Waals surface area contributed by atoms with Crippen LogP contribution in [0.3, 0.4) is 0 Å². The number of fused-ring (bicyclic) bond motifs is 17. The maximum Gasteiger partial charge on any atom is 0.132 e. The van der Waals surface area contributed by atoms with Crippen molar-refractivity contribution in [2.24, 2.45) is 14.1 Å². The summed E-state index contributed by atoms with van der Waals surface area (Å²) in [5.41, 5.74) is 30.2. The van der Waals surface area contributed by atoms with Gasteiger partial charge >= 0.3 is 0 Å². The molecule has 20 rings (SSSR count). The van der Waals surface area contributed by atoms with E-state index in [0.717, 1.165) is 114 Å². The molecule has 5 aromatic heterocycles. The SMILES string of the molecule is CN1C=CN(c2[c-]c(-n3c4[c-]c(-c5nc6cc7c(cc6n5C)Cc5ccccc5-7)ccc4c4cc5c(cc43)Cc3ccccc3-5)ccc2)[CH-]1.CN1C=CN(c2[c-]c(-n3c4[c-]c(-c5nc6cc7c(cc6n5C)Cc5ccccc5-7)ccc4c4cccnc43)ccc2)[CH-]1.[Pt].[Pt]. The van der Waals surface area contributed by atoms with Crippen molar-refractivity contribution in [3.8, 4) is 67.5 Å². The first-order valence-corrected chi connectivity index (χ1v) is 30.9. The molecule has 0 amide bonds. The van der Waals surface area contributed by atoms with Gasteiger partial charge in [-0.15, -0.1) is 95.3 Å². The third-order valence-corrected chi connectivity index (χ3v) is 19.2. The molecule has 0 N–H and O–H groups in total. The molecule has 5 aliphatic rings. The van der Waals surface area contributed by atoms with E-state index in [4.69, 9.17) is 15.0 Å². The average molecular weight is 1560 g/mol. The Bertz CT molecular complexity index is 5700. The number of benzene rings is 10. The fraction of sp³-hybridized carbons (Fsp3) is 0.0875. The Morgan fingerprint density at radius 2 is 0.817 bits per heavy atom. The summed E-state index contributed by atoms with van der Waals surface area (Å²) in [6.07, 6.45) is 12.9. The van der Waals surface area contributed by atoms with E-state index in [1.165, 1.54) is 83.1 Å². The van der Waals surface area contributed by atoms with Gasteiger partial charge in [0.1, 0.15) is 5.65 Å². The van der Waals surface area contributed by atoms with E-state index in [1.54, 1.807) is 0 Å². The number of hydrogen-bond donors (Lipinski definition) is 0. The third-order valence-electron chi connectivity index (χ3n) is 19.2. The van der Waals surface area contributed by atoms with Gasteiger partial charge in [-0.3, -0.25) is 9.97 Å².